The van der Waals surface area contributed by atoms with E-state index in [4.69, 9.17) is 9.47 Å². The monoisotopic (exact) mass is 170 g/mol. The van der Waals surface area contributed by atoms with Gasteiger partial charge in [-0.2, -0.15) is 0 Å². The summed E-state index contributed by atoms with van der Waals surface area (Å²) in [6, 6.07) is 0. The van der Waals surface area contributed by atoms with Crippen LogP contribution in [-0.4, -0.2) is 20.5 Å². The molecule has 70 valence electrons. The number of allylic oxidation sites excluding steroid dienone is 2. The topological polar surface area (TPSA) is 18.5 Å². The smallest absolute Gasteiger partial charge is 0.182 e. The maximum Gasteiger partial charge on any atom is 0.182 e. The van der Waals surface area contributed by atoms with Gasteiger partial charge in [0, 0.05) is 19.8 Å². The van der Waals surface area contributed by atoms with Crippen LogP contribution in [0.2, 0.25) is 0 Å². The van der Waals surface area contributed by atoms with Gasteiger partial charge >= 0.3 is 0 Å². The summed E-state index contributed by atoms with van der Waals surface area (Å²) in [4.78, 5) is 0. The molecule has 0 heterocycles. The minimum atomic E-state index is -0.238. The van der Waals surface area contributed by atoms with Gasteiger partial charge in [0.25, 0.3) is 0 Å². The molecule has 0 amide bonds. The molecule has 0 aromatic rings. The third kappa shape index (κ3) is 3.69. The lowest BCUT2D eigenvalue weighted by molar-refractivity contribution is -0.0725. The van der Waals surface area contributed by atoms with Crippen molar-refractivity contribution < 1.29 is 9.47 Å². The second kappa shape index (κ2) is 7.07. The summed E-state index contributed by atoms with van der Waals surface area (Å²) in [5, 5.41) is 0. The molecule has 0 aliphatic carbocycles. The van der Waals surface area contributed by atoms with E-state index >= 15 is 0 Å². The van der Waals surface area contributed by atoms with Gasteiger partial charge in [-0.25, -0.2) is 0 Å². The van der Waals surface area contributed by atoms with Gasteiger partial charge in [-0.15, -0.1) is 0 Å². The summed E-state index contributed by atoms with van der Waals surface area (Å²) >= 11 is 0. The fraction of sp³-hybridized carbons (Fsp3) is 0.600. The number of hydrogen-bond acceptors (Lipinski definition) is 2. The molecule has 0 unspecified atom stereocenters. The molecule has 0 spiro atoms. The van der Waals surface area contributed by atoms with Crippen LogP contribution in [0.1, 0.15) is 20.3 Å². The van der Waals surface area contributed by atoms with E-state index in [1.165, 1.54) is 0 Å². The standard InChI is InChI=1S/C10H18O2/c1-5-7-8-9(6-2)10(11-3)12-4/h6-8,10H,5H2,1-4H3/b8-7-,9-6+. The SMILES string of the molecule is C/C=C(\C=C/CC)C(OC)OC. The maximum atomic E-state index is 5.11. The Labute approximate surface area is 74.9 Å². The fourth-order valence-corrected chi connectivity index (χ4v) is 0.933. The van der Waals surface area contributed by atoms with E-state index in [1.807, 2.05) is 19.1 Å². The highest BCUT2D eigenvalue weighted by atomic mass is 16.7. The molecular weight excluding hydrogens is 152 g/mol. The first kappa shape index (κ1) is 11.4. The van der Waals surface area contributed by atoms with Crippen molar-refractivity contribution in [2.24, 2.45) is 0 Å². The number of hydrogen-bond donors (Lipinski definition) is 0. The quantitative estimate of drug-likeness (QED) is 0.466. The highest BCUT2D eigenvalue weighted by Gasteiger charge is 2.07. The van der Waals surface area contributed by atoms with E-state index in [1.54, 1.807) is 14.2 Å². The van der Waals surface area contributed by atoms with Gasteiger partial charge in [0.05, 0.1) is 0 Å². The Morgan fingerprint density at radius 2 is 1.92 bits per heavy atom. The van der Waals surface area contributed by atoms with Crippen molar-refractivity contribution in [1.29, 1.82) is 0 Å². The van der Waals surface area contributed by atoms with Crippen LogP contribution in [-0.2, 0) is 9.47 Å². The fourth-order valence-electron chi connectivity index (χ4n) is 0.933. The van der Waals surface area contributed by atoms with E-state index in [-0.39, 0.29) is 6.29 Å². The molecule has 0 rings (SSSR count). The minimum absolute atomic E-state index is 0.238. The zero-order valence-corrected chi connectivity index (χ0v) is 8.33. The van der Waals surface area contributed by atoms with Crippen LogP contribution < -0.4 is 0 Å². The molecule has 0 aromatic heterocycles. The van der Waals surface area contributed by atoms with Crippen LogP contribution in [0.5, 0.6) is 0 Å². The first-order chi connectivity index (χ1) is 5.79. The lowest BCUT2D eigenvalue weighted by atomic mass is 10.2. The third-order valence-corrected chi connectivity index (χ3v) is 1.58. The van der Waals surface area contributed by atoms with Gasteiger partial charge in [0.2, 0.25) is 0 Å². The maximum absolute atomic E-state index is 5.11. The molecule has 2 heteroatoms. The van der Waals surface area contributed by atoms with Gasteiger partial charge in [-0.3, -0.25) is 0 Å². The van der Waals surface area contributed by atoms with E-state index in [0.29, 0.717) is 0 Å². The van der Waals surface area contributed by atoms with E-state index in [0.717, 1.165) is 12.0 Å². The van der Waals surface area contributed by atoms with Gasteiger partial charge in [-0.05, 0) is 13.3 Å². The third-order valence-electron chi connectivity index (χ3n) is 1.58. The van der Waals surface area contributed by atoms with E-state index in [2.05, 4.69) is 13.0 Å². The summed E-state index contributed by atoms with van der Waals surface area (Å²) in [7, 11) is 3.27. The van der Waals surface area contributed by atoms with Crippen LogP contribution in [0.4, 0.5) is 0 Å². The zero-order valence-electron chi connectivity index (χ0n) is 8.33. The lowest BCUT2D eigenvalue weighted by Crippen LogP contribution is -2.14. The normalized spacial score (nSPS) is 13.2. The first-order valence-corrected chi connectivity index (χ1v) is 4.18. The molecule has 0 aliphatic heterocycles. The van der Waals surface area contributed by atoms with E-state index in [9.17, 15) is 0 Å². The highest BCUT2D eigenvalue weighted by Crippen LogP contribution is 2.08. The van der Waals surface area contributed by atoms with Crippen molar-refractivity contribution >= 4 is 0 Å². The Hall–Kier alpha value is -0.600. The first-order valence-electron chi connectivity index (χ1n) is 4.18. The molecule has 0 bridgehead atoms. The molecule has 0 atom stereocenters. The lowest BCUT2D eigenvalue weighted by Gasteiger charge is -2.13. The van der Waals surface area contributed by atoms with Crippen LogP contribution >= 0.6 is 0 Å². The van der Waals surface area contributed by atoms with Gasteiger partial charge in [0.1, 0.15) is 0 Å². The minimum Gasteiger partial charge on any atom is -0.352 e. The van der Waals surface area contributed by atoms with Crippen molar-refractivity contribution in [3.05, 3.63) is 23.8 Å². The molecule has 0 fully saturated rings. The number of ether oxygens (including phenoxy) is 2. The van der Waals surface area contributed by atoms with Gasteiger partial charge in [0.15, 0.2) is 6.29 Å². The zero-order chi connectivity index (χ0) is 9.40. The predicted molar refractivity (Wildman–Crippen MR) is 51.0 cm³/mol. The molecule has 0 aromatic carbocycles. The Bertz CT molecular complexity index is 155. The van der Waals surface area contributed by atoms with Crippen LogP contribution in [0, 0.1) is 0 Å². The summed E-state index contributed by atoms with van der Waals surface area (Å²) in [5.41, 5.74) is 1.06. The Morgan fingerprint density at radius 3 is 2.25 bits per heavy atom. The van der Waals surface area contributed by atoms with Crippen LogP contribution in [0.15, 0.2) is 23.8 Å². The van der Waals surface area contributed by atoms with Gasteiger partial charge < -0.3 is 9.47 Å². The van der Waals surface area contributed by atoms with Crippen molar-refractivity contribution in [3.63, 3.8) is 0 Å². The Kier molecular flexibility index (Phi) is 6.72. The molecule has 0 N–H and O–H groups in total. The predicted octanol–water partition coefficient (Wildman–Crippen LogP) is 2.52. The largest absolute Gasteiger partial charge is 0.352 e. The molecule has 0 aliphatic rings. The Balaban J connectivity index is 4.23. The van der Waals surface area contributed by atoms with Crippen molar-refractivity contribution in [2.45, 2.75) is 26.6 Å². The second-order valence-corrected chi connectivity index (χ2v) is 2.40. The molecule has 12 heavy (non-hydrogen) atoms. The van der Waals surface area contributed by atoms with E-state index < -0.39 is 0 Å². The van der Waals surface area contributed by atoms with Crippen LogP contribution in [0.3, 0.4) is 0 Å². The van der Waals surface area contributed by atoms with Crippen molar-refractivity contribution in [2.75, 3.05) is 14.2 Å². The molecule has 2 nitrogen and oxygen atoms in total. The Morgan fingerprint density at radius 1 is 1.33 bits per heavy atom. The molecule has 0 radical (unpaired) electrons. The highest BCUT2D eigenvalue weighted by molar-refractivity contribution is 5.20. The summed E-state index contributed by atoms with van der Waals surface area (Å²) < 4.78 is 10.2. The average Bonchev–Trinajstić information content (AvgIpc) is 2.12. The van der Waals surface area contributed by atoms with Crippen LogP contribution in [0.25, 0.3) is 0 Å². The summed E-state index contributed by atoms with van der Waals surface area (Å²) in [5.74, 6) is 0. The number of rotatable bonds is 5. The molecular formula is C10H18O2. The summed E-state index contributed by atoms with van der Waals surface area (Å²) in [6.07, 6.45) is 6.89. The number of methoxy groups -OCH3 is 2. The van der Waals surface area contributed by atoms with Crippen molar-refractivity contribution in [3.8, 4) is 0 Å². The average molecular weight is 170 g/mol. The second-order valence-electron chi connectivity index (χ2n) is 2.40. The summed E-state index contributed by atoms with van der Waals surface area (Å²) in [6.45, 7) is 4.07. The van der Waals surface area contributed by atoms with Crippen molar-refractivity contribution in [1.82, 2.24) is 0 Å². The molecule has 0 saturated heterocycles. The molecule has 0 saturated carbocycles. The van der Waals surface area contributed by atoms with Gasteiger partial charge in [-0.1, -0.05) is 25.2 Å².